The molecule has 1 N–H and O–H groups in total. The normalized spacial score (nSPS) is 12.8. The van der Waals surface area contributed by atoms with Crippen molar-refractivity contribution in [3.05, 3.63) is 33.5 Å². The molecule has 0 aliphatic carbocycles. The van der Waals surface area contributed by atoms with Crippen molar-refractivity contribution < 1.29 is 0 Å². The van der Waals surface area contributed by atoms with Crippen LogP contribution in [-0.2, 0) is 26.3 Å². The standard InChI is InChI=1S/C15H24N4S/c1-5-12-8-15(19(4)18-12)9-13(16-6-2)7-14-10-20-11(3)17-14/h8,10,13,16H,5-7,9H2,1-4H3. The number of thiazole rings is 1. The molecule has 1 unspecified atom stereocenters. The molecule has 0 saturated carbocycles. The van der Waals surface area contributed by atoms with Gasteiger partial charge in [-0.3, -0.25) is 4.68 Å². The van der Waals surface area contributed by atoms with Crippen LogP contribution in [0.25, 0.3) is 0 Å². The van der Waals surface area contributed by atoms with E-state index in [9.17, 15) is 0 Å². The summed E-state index contributed by atoms with van der Waals surface area (Å²) < 4.78 is 2.01. The van der Waals surface area contributed by atoms with Gasteiger partial charge in [0.2, 0.25) is 0 Å². The molecule has 0 spiro atoms. The number of aromatic nitrogens is 3. The molecule has 4 nitrogen and oxygen atoms in total. The minimum absolute atomic E-state index is 0.418. The van der Waals surface area contributed by atoms with Crippen molar-refractivity contribution in [2.75, 3.05) is 6.54 Å². The molecule has 2 heterocycles. The molecule has 20 heavy (non-hydrogen) atoms. The summed E-state index contributed by atoms with van der Waals surface area (Å²) in [5.41, 5.74) is 3.65. The molecule has 2 aromatic rings. The van der Waals surface area contributed by atoms with Crippen molar-refractivity contribution in [1.29, 1.82) is 0 Å². The minimum atomic E-state index is 0.418. The molecule has 2 aromatic heterocycles. The van der Waals surface area contributed by atoms with Crippen molar-refractivity contribution in [3.8, 4) is 0 Å². The van der Waals surface area contributed by atoms with E-state index in [1.165, 1.54) is 17.1 Å². The van der Waals surface area contributed by atoms with Crippen LogP contribution in [0.5, 0.6) is 0 Å². The second kappa shape index (κ2) is 6.99. The monoisotopic (exact) mass is 292 g/mol. The number of hydrogen-bond donors (Lipinski definition) is 1. The van der Waals surface area contributed by atoms with Crippen LogP contribution >= 0.6 is 11.3 Å². The largest absolute Gasteiger partial charge is 0.313 e. The summed E-state index contributed by atoms with van der Waals surface area (Å²) in [5, 5.41) is 11.4. The maximum absolute atomic E-state index is 4.57. The maximum atomic E-state index is 4.57. The minimum Gasteiger partial charge on any atom is -0.313 e. The third-order valence-corrected chi connectivity index (χ3v) is 4.28. The first kappa shape index (κ1) is 15.2. The number of aryl methyl sites for hydroxylation is 3. The van der Waals surface area contributed by atoms with E-state index in [2.05, 4.69) is 47.6 Å². The Morgan fingerprint density at radius 2 is 2.10 bits per heavy atom. The Labute approximate surface area is 125 Å². The SMILES string of the molecule is CCNC(Cc1csc(C)n1)Cc1cc(CC)nn1C. The van der Waals surface area contributed by atoms with Crippen molar-refractivity contribution in [2.24, 2.45) is 7.05 Å². The van der Waals surface area contributed by atoms with Crippen LogP contribution in [0.15, 0.2) is 11.4 Å². The summed E-state index contributed by atoms with van der Waals surface area (Å²) in [6, 6.07) is 2.64. The highest BCUT2D eigenvalue weighted by Gasteiger charge is 2.14. The topological polar surface area (TPSA) is 42.7 Å². The zero-order chi connectivity index (χ0) is 14.5. The van der Waals surface area contributed by atoms with Crippen molar-refractivity contribution in [3.63, 3.8) is 0 Å². The average molecular weight is 292 g/mol. The van der Waals surface area contributed by atoms with Crippen LogP contribution in [0.2, 0.25) is 0 Å². The molecular formula is C15H24N4S. The van der Waals surface area contributed by atoms with Gasteiger partial charge in [0, 0.05) is 37.0 Å². The molecule has 0 aliphatic heterocycles. The summed E-state index contributed by atoms with van der Waals surface area (Å²) >= 11 is 1.73. The third kappa shape index (κ3) is 3.90. The molecule has 1 atom stereocenters. The lowest BCUT2D eigenvalue weighted by atomic mass is 10.1. The Morgan fingerprint density at radius 3 is 2.65 bits per heavy atom. The van der Waals surface area contributed by atoms with E-state index in [0.717, 1.165) is 30.8 Å². The van der Waals surface area contributed by atoms with E-state index in [4.69, 9.17) is 0 Å². The fraction of sp³-hybridized carbons (Fsp3) is 0.600. The number of nitrogens with one attached hydrogen (secondary N) is 1. The van der Waals surface area contributed by atoms with Gasteiger partial charge < -0.3 is 5.32 Å². The van der Waals surface area contributed by atoms with Crippen molar-refractivity contribution in [1.82, 2.24) is 20.1 Å². The van der Waals surface area contributed by atoms with Crippen LogP contribution in [-0.4, -0.2) is 27.4 Å². The van der Waals surface area contributed by atoms with Gasteiger partial charge in [-0.05, 0) is 26.0 Å². The van der Waals surface area contributed by atoms with Gasteiger partial charge in [0.15, 0.2) is 0 Å². The molecule has 0 aromatic carbocycles. The Hall–Kier alpha value is -1.20. The average Bonchev–Trinajstić information content (AvgIpc) is 2.97. The van der Waals surface area contributed by atoms with Gasteiger partial charge in [-0.15, -0.1) is 11.3 Å². The highest BCUT2D eigenvalue weighted by Crippen LogP contribution is 2.13. The van der Waals surface area contributed by atoms with E-state index in [1.807, 2.05) is 11.7 Å². The Morgan fingerprint density at radius 1 is 1.30 bits per heavy atom. The molecule has 2 rings (SSSR count). The van der Waals surface area contributed by atoms with Gasteiger partial charge in [-0.25, -0.2) is 4.98 Å². The first-order valence-corrected chi connectivity index (χ1v) is 8.16. The number of hydrogen-bond acceptors (Lipinski definition) is 4. The van der Waals surface area contributed by atoms with Gasteiger partial charge in [-0.2, -0.15) is 5.10 Å². The van der Waals surface area contributed by atoms with Crippen molar-refractivity contribution >= 4 is 11.3 Å². The van der Waals surface area contributed by atoms with Crippen LogP contribution in [0.3, 0.4) is 0 Å². The third-order valence-electron chi connectivity index (χ3n) is 3.46. The molecular weight excluding hydrogens is 268 g/mol. The smallest absolute Gasteiger partial charge is 0.0897 e. The Kier molecular flexibility index (Phi) is 5.31. The number of nitrogens with zero attached hydrogens (tertiary/aromatic N) is 3. The zero-order valence-electron chi connectivity index (χ0n) is 12.8. The fourth-order valence-corrected chi connectivity index (χ4v) is 3.07. The lowest BCUT2D eigenvalue weighted by molar-refractivity contribution is 0.501. The van der Waals surface area contributed by atoms with E-state index in [0.29, 0.717) is 6.04 Å². The molecule has 0 saturated heterocycles. The number of likely N-dealkylation sites (N-methyl/N-ethyl adjacent to an activating group) is 1. The predicted molar refractivity (Wildman–Crippen MR) is 84.3 cm³/mol. The summed E-state index contributed by atoms with van der Waals surface area (Å²) in [5.74, 6) is 0. The van der Waals surface area contributed by atoms with E-state index >= 15 is 0 Å². The first-order chi connectivity index (χ1) is 9.62. The molecule has 5 heteroatoms. The second-order valence-electron chi connectivity index (χ2n) is 5.12. The fourth-order valence-electron chi connectivity index (χ4n) is 2.45. The molecule has 0 aliphatic rings. The molecule has 0 fully saturated rings. The lowest BCUT2D eigenvalue weighted by Gasteiger charge is -2.16. The molecule has 0 amide bonds. The summed E-state index contributed by atoms with van der Waals surface area (Å²) in [6.07, 6.45) is 2.96. The van der Waals surface area contributed by atoms with Crippen LogP contribution < -0.4 is 5.32 Å². The van der Waals surface area contributed by atoms with Crippen molar-refractivity contribution in [2.45, 2.75) is 46.1 Å². The highest BCUT2D eigenvalue weighted by atomic mass is 32.1. The number of rotatable bonds is 7. The molecule has 0 radical (unpaired) electrons. The van der Waals surface area contributed by atoms with Crippen LogP contribution in [0.1, 0.15) is 35.9 Å². The second-order valence-corrected chi connectivity index (χ2v) is 6.19. The molecule has 110 valence electrons. The van der Waals surface area contributed by atoms with Gasteiger partial charge in [0.1, 0.15) is 0 Å². The summed E-state index contributed by atoms with van der Waals surface area (Å²) in [6.45, 7) is 7.34. The van der Waals surface area contributed by atoms with E-state index < -0.39 is 0 Å². The Balaban J connectivity index is 2.06. The molecule has 0 bridgehead atoms. The summed E-state index contributed by atoms with van der Waals surface area (Å²) in [7, 11) is 2.03. The first-order valence-electron chi connectivity index (χ1n) is 7.28. The van der Waals surface area contributed by atoms with Gasteiger partial charge in [0.05, 0.1) is 16.4 Å². The lowest BCUT2D eigenvalue weighted by Crippen LogP contribution is -2.33. The highest BCUT2D eigenvalue weighted by molar-refractivity contribution is 7.09. The van der Waals surface area contributed by atoms with E-state index in [-0.39, 0.29) is 0 Å². The van der Waals surface area contributed by atoms with Gasteiger partial charge in [-0.1, -0.05) is 13.8 Å². The van der Waals surface area contributed by atoms with E-state index in [1.54, 1.807) is 11.3 Å². The zero-order valence-corrected chi connectivity index (χ0v) is 13.6. The van der Waals surface area contributed by atoms with Crippen LogP contribution in [0.4, 0.5) is 0 Å². The van der Waals surface area contributed by atoms with Gasteiger partial charge >= 0.3 is 0 Å². The summed E-state index contributed by atoms with van der Waals surface area (Å²) in [4.78, 5) is 4.57. The van der Waals surface area contributed by atoms with Crippen LogP contribution in [0, 0.1) is 6.92 Å². The predicted octanol–water partition coefficient (Wildman–Crippen LogP) is 2.51. The Bertz CT molecular complexity index is 544. The van der Waals surface area contributed by atoms with Gasteiger partial charge in [0.25, 0.3) is 0 Å². The quantitative estimate of drug-likeness (QED) is 0.852. The maximum Gasteiger partial charge on any atom is 0.0897 e.